The molecule has 0 bridgehead atoms. The lowest BCUT2D eigenvalue weighted by molar-refractivity contribution is -0.137. The van der Waals surface area contributed by atoms with Crippen LogP contribution in [0.2, 0.25) is 0 Å². The first-order chi connectivity index (χ1) is 13.6. The number of carbonyl (C=O) groups is 1. The van der Waals surface area contributed by atoms with Crippen LogP contribution in [0.1, 0.15) is 149 Å². The Bertz CT molecular complexity index is 326. The zero-order chi connectivity index (χ0) is 20.9. The van der Waals surface area contributed by atoms with Crippen molar-refractivity contribution >= 4 is 5.97 Å². The summed E-state index contributed by atoms with van der Waals surface area (Å²) < 4.78 is 0. The van der Waals surface area contributed by atoms with Crippen LogP contribution >= 0.6 is 0 Å². The molecule has 0 heterocycles. The van der Waals surface area contributed by atoms with Gasteiger partial charge in [0.15, 0.2) is 0 Å². The van der Waals surface area contributed by atoms with Gasteiger partial charge in [0.25, 0.3) is 0 Å². The van der Waals surface area contributed by atoms with E-state index in [1.807, 2.05) is 0 Å². The van der Waals surface area contributed by atoms with Crippen LogP contribution in [-0.2, 0) is 4.79 Å². The second-order valence-corrected chi connectivity index (χ2v) is 9.43. The first-order valence-electron chi connectivity index (χ1n) is 12.8. The Kier molecular flexibility index (Phi) is 20.8. The van der Waals surface area contributed by atoms with Gasteiger partial charge in [-0.25, -0.2) is 0 Å². The minimum atomic E-state index is -0.651. The minimum absolute atomic E-state index is 0.345. The van der Waals surface area contributed by atoms with Gasteiger partial charge in [-0.05, 0) is 18.3 Å². The monoisotopic (exact) mass is 396 g/mol. The number of aliphatic carboxylic acids is 1. The van der Waals surface area contributed by atoms with Gasteiger partial charge >= 0.3 is 5.97 Å². The molecule has 0 aliphatic rings. The summed E-state index contributed by atoms with van der Waals surface area (Å²) in [4.78, 5) is 10.4. The molecule has 0 aliphatic heterocycles. The predicted octanol–water partition coefficient (Wildman–Crippen LogP) is 9.17. The fourth-order valence-corrected chi connectivity index (χ4v) is 4.05. The summed E-state index contributed by atoms with van der Waals surface area (Å²) >= 11 is 0. The number of carboxylic acid groups (broad SMARTS) is 1. The van der Waals surface area contributed by atoms with Gasteiger partial charge in [-0.2, -0.15) is 0 Å². The molecule has 0 aliphatic carbocycles. The molecule has 0 aromatic heterocycles. The second-order valence-electron chi connectivity index (χ2n) is 9.43. The van der Waals surface area contributed by atoms with Crippen molar-refractivity contribution in [2.75, 3.05) is 0 Å². The van der Waals surface area contributed by atoms with E-state index < -0.39 is 5.97 Å². The SMILES string of the molecule is CCC(C)CCCCC(C)CCCCCCCCCCCCCCCC(=O)O. The zero-order valence-electron chi connectivity index (χ0n) is 19.7. The maximum absolute atomic E-state index is 10.4. The van der Waals surface area contributed by atoms with Crippen molar-refractivity contribution in [2.45, 2.75) is 149 Å². The number of unbranched alkanes of at least 4 members (excludes halogenated alkanes) is 13. The van der Waals surface area contributed by atoms with E-state index >= 15 is 0 Å². The first-order valence-corrected chi connectivity index (χ1v) is 12.8. The van der Waals surface area contributed by atoms with E-state index in [1.54, 1.807) is 0 Å². The van der Waals surface area contributed by atoms with Gasteiger partial charge in [0, 0.05) is 6.42 Å². The summed E-state index contributed by atoms with van der Waals surface area (Å²) in [7, 11) is 0. The van der Waals surface area contributed by atoms with Crippen LogP contribution in [0.4, 0.5) is 0 Å². The molecule has 28 heavy (non-hydrogen) atoms. The molecule has 0 fully saturated rings. The van der Waals surface area contributed by atoms with Crippen molar-refractivity contribution in [3.8, 4) is 0 Å². The highest BCUT2D eigenvalue weighted by Crippen LogP contribution is 2.20. The third-order valence-electron chi connectivity index (χ3n) is 6.43. The highest BCUT2D eigenvalue weighted by molar-refractivity contribution is 5.66. The predicted molar refractivity (Wildman–Crippen MR) is 124 cm³/mol. The van der Waals surface area contributed by atoms with E-state index in [0.717, 1.165) is 24.7 Å². The van der Waals surface area contributed by atoms with Crippen molar-refractivity contribution in [1.29, 1.82) is 0 Å². The Morgan fingerprint density at radius 1 is 0.571 bits per heavy atom. The molecule has 168 valence electrons. The number of hydrogen-bond donors (Lipinski definition) is 1. The van der Waals surface area contributed by atoms with E-state index in [4.69, 9.17) is 5.11 Å². The summed E-state index contributed by atoms with van der Waals surface area (Å²) in [6, 6.07) is 0. The summed E-state index contributed by atoms with van der Waals surface area (Å²) in [5.41, 5.74) is 0. The van der Waals surface area contributed by atoms with Crippen LogP contribution in [0.15, 0.2) is 0 Å². The topological polar surface area (TPSA) is 37.3 Å². The fraction of sp³-hybridized carbons (Fsp3) is 0.962. The normalized spacial score (nSPS) is 13.5. The molecule has 0 amide bonds. The lowest BCUT2D eigenvalue weighted by Gasteiger charge is -2.12. The third-order valence-corrected chi connectivity index (χ3v) is 6.43. The molecule has 0 rings (SSSR count). The third kappa shape index (κ3) is 21.8. The minimum Gasteiger partial charge on any atom is -0.481 e. The van der Waals surface area contributed by atoms with Crippen molar-refractivity contribution in [2.24, 2.45) is 11.8 Å². The Morgan fingerprint density at radius 2 is 0.893 bits per heavy atom. The quantitative estimate of drug-likeness (QED) is 0.185. The van der Waals surface area contributed by atoms with Crippen LogP contribution in [-0.4, -0.2) is 11.1 Å². The molecule has 0 saturated carbocycles. The van der Waals surface area contributed by atoms with Crippen LogP contribution in [0.5, 0.6) is 0 Å². The van der Waals surface area contributed by atoms with Crippen molar-refractivity contribution in [1.82, 2.24) is 0 Å². The number of carboxylic acids is 1. The van der Waals surface area contributed by atoms with E-state index in [2.05, 4.69) is 20.8 Å². The van der Waals surface area contributed by atoms with Gasteiger partial charge in [0.05, 0.1) is 0 Å². The summed E-state index contributed by atoms with van der Waals surface area (Å²) in [6.45, 7) is 7.15. The van der Waals surface area contributed by atoms with Gasteiger partial charge in [0.1, 0.15) is 0 Å². The van der Waals surface area contributed by atoms with Crippen LogP contribution in [0.3, 0.4) is 0 Å². The number of hydrogen-bond acceptors (Lipinski definition) is 1. The maximum Gasteiger partial charge on any atom is 0.303 e. The van der Waals surface area contributed by atoms with E-state index in [0.29, 0.717) is 6.42 Å². The molecule has 1 N–H and O–H groups in total. The Morgan fingerprint density at radius 3 is 1.29 bits per heavy atom. The molecule has 0 radical (unpaired) electrons. The second kappa shape index (κ2) is 21.2. The van der Waals surface area contributed by atoms with Gasteiger partial charge in [-0.3, -0.25) is 4.79 Å². The maximum atomic E-state index is 10.4. The van der Waals surface area contributed by atoms with Crippen molar-refractivity contribution < 1.29 is 9.90 Å². The highest BCUT2D eigenvalue weighted by atomic mass is 16.4. The molecule has 2 heteroatoms. The zero-order valence-corrected chi connectivity index (χ0v) is 19.7. The Labute approximate surface area is 177 Å². The highest BCUT2D eigenvalue weighted by Gasteiger charge is 2.04. The van der Waals surface area contributed by atoms with Crippen LogP contribution in [0, 0.1) is 11.8 Å². The molecule has 2 nitrogen and oxygen atoms in total. The molecular weight excluding hydrogens is 344 g/mol. The van der Waals surface area contributed by atoms with E-state index in [9.17, 15) is 4.79 Å². The van der Waals surface area contributed by atoms with E-state index in [-0.39, 0.29) is 0 Å². The number of rotatable bonds is 22. The molecule has 0 aromatic rings. The molecule has 0 aromatic carbocycles. The first kappa shape index (κ1) is 27.5. The Hall–Kier alpha value is -0.530. The largest absolute Gasteiger partial charge is 0.481 e. The van der Waals surface area contributed by atoms with Crippen LogP contribution in [0.25, 0.3) is 0 Å². The van der Waals surface area contributed by atoms with Gasteiger partial charge in [-0.1, -0.05) is 136 Å². The average Bonchev–Trinajstić information content (AvgIpc) is 2.67. The standard InChI is InChI=1S/C26H52O2/c1-4-24(2)20-18-19-22-25(3)21-16-14-12-10-8-6-5-7-9-11-13-15-17-23-26(27)28/h24-25H,4-23H2,1-3H3,(H,27,28). The molecule has 2 unspecified atom stereocenters. The van der Waals surface area contributed by atoms with Crippen LogP contribution < -0.4 is 0 Å². The van der Waals surface area contributed by atoms with Crippen molar-refractivity contribution in [3.05, 3.63) is 0 Å². The van der Waals surface area contributed by atoms with E-state index in [1.165, 1.54) is 109 Å². The van der Waals surface area contributed by atoms with Gasteiger partial charge < -0.3 is 5.11 Å². The Balaban J connectivity index is 3.16. The summed E-state index contributed by atoms with van der Waals surface area (Å²) in [5, 5.41) is 8.59. The fourth-order valence-electron chi connectivity index (χ4n) is 4.05. The summed E-state index contributed by atoms with van der Waals surface area (Å²) in [6.07, 6.45) is 26.0. The molecular formula is C26H52O2. The summed E-state index contributed by atoms with van der Waals surface area (Å²) in [5.74, 6) is 1.20. The molecule has 2 atom stereocenters. The lowest BCUT2D eigenvalue weighted by Crippen LogP contribution is -1.97. The lowest BCUT2D eigenvalue weighted by atomic mass is 9.94. The van der Waals surface area contributed by atoms with Crippen molar-refractivity contribution in [3.63, 3.8) is 0 Å². The molecule has 0 spiro atoms. The van der Waals surface area contributed by atoms with Gasteiger partial charge in [-0.15, -0.1) is 0 Å². The molecule has 0 saturated heterocycles. The van der Waals surface area contributed by atoms with Gasteiger partial charge in [0.2, 0.25) is 0 Å². The average molecular weight is 397 g/mol. The smallest absolute Gasteiger partial charge is 0.303 e.